The molecule has 3 heterocycles. The highest BCUT2D eigenvalue weighted by molar-refractivity contribution is 7.98. The van der Waals surface area contributed by atoms with E-state index in [-0.39, 0.29) is 0 Å². The first kappa shape index (κ1) is 11.5. The van der Waals surface area contributed by atoms with Gasteiger partial charge in [-0.15, -0.1) is 10.2 Å². The average molecular weight is 261 g/mol. The maximum absolute atomic E-state index is 5.87. The number of pyridine rings is 1. The molecule has 0 amide bonds. The van der Waals surface area contributed by atoms with Crippen LogP contribution in [0.3, 0.4) is 0 Å². The SMILES string of the molecule is Nc1cccnc1SCc1nnc2n1CCCC2. The molecule has 0 spiro atoms. The molecule has 0 unspecified atom stereocenters. The number of nitrogens with two attached hydrogens (primary N) is 1. The van der Waals surface area contributed by atoms with Gasteiger partial charge < -0.3 is 10.3 Å². The molecule has 0 saturated heterocycles. The number of thioether (sulfide) groups is 1. The Labute approximate surface area is 110 Å². The molecule has 2 aromatic rings. The minimum atomic E-state index is 0.723. The van der Waals surface area contributed by atoms with Gasteiger partial charge in [-0.05, 0) is 25.0 Å². The Morgan fingerprint density at radius 3 is 3.17 bits per heavy atom. The smallest absolute Gasteiger partial charge is 0.143 e. The number of anilines is 1. The molecule has 2 aromatic heterocycles. The molecule has 0 saturated carbocycles. The van der Waals surface area contributed by atoms with Gasteiger partial charge in [-0.25, -0.2) is 4.98 Å². The molecule has 0 aliphatic carbocycles. The monoisotopic (exact) mass is 261 g/mol. The second-order valence-electron chi connectivity index (χ2n) is 4.33. The van der Waals surface area contributed by atoms with E-state index in [9.17, 15) is 0 Å². The van der Waals surface area contributed by atoms with Crippen LogP contribution in [0.2, 0.25) is 0 Å². The van der Waals surface area contributed by atoms with Crippen LogP contribution in [0.5, 0.6) is 0 Å². The molecule has 1 aliphatic rings. The van der Waals surface area contributed by atoms with Gasteiger partial charge in [-0.2, -0.15) is 0 Å². The Balaban J connectivity index is 1.74. The summed E-state index contributed by atoms with van der Waals surface area (Å²) in [7, 11) is 0. The maximum Gasteiger partial charge on any atom is 0.143 e. The van der Waals surface area contributed by atoms with Crippen LogP contribution >= 0.6 is 11.8 Å². The molecule has 5 nitrogen and oxygen atoms in total. The lowest BCUT2D eigenvalue weighted by Crippen LogP contribution is -2.12. The van der Waals surface area contributed by atoms with Crippen LogP contribution in [0.4, 0.5) is 5.69 Å². The summed E-state index contributed by atoms with van der Waals surface area (Å²) in [6.07, 6.45) is 5.24. The Bertz CT molecular complexity index is 551. The zero-order valence-electron chi connectivity index (χ0n) is 10.0. The molecule has 94 valence electrons. The Morgan fingerprint density at radius 2 is 2.28 bits per heavy atom. The highest BCUT2D eigenvalue weighted by atomic mass is 32.2. The van der Waals surface area contributed by atoms with Crippen molar-refractivity contribution in [2.45, 2.75) is 36.6 Å². The number of aromatic nitrogens is 4. The highest BCUT2D eigenvalue weighted by Crippen LogP contribution is 2.26. The fourth-order valence-electron chi connectivity index (χ4n) is 2.13. The van der Waals surface area contributed by atoms with E-state index in [2.05, 4.69) is 19.7 Å². The predicted octanol–water partition coefficient (Wildman–Crippen LogP) is 1.88. The number of aryl methyl sites for hydroxylation is 1. The number of nitrogen functional groups attached to an aromatic ring is 1. The van der Waals surface area contributed by atoms with Crippen LogP contribution < -0.4 is 5.73 Å². The molecule has 0 aromatic carbocycles. The Kier molecular flexibility index (Phi) is 3.19. The average Bonchev–Trinajstić information content (AvgIpc) is 2.81. The molecule has 0 bridgehead atoms. The van der Waals surface area contributed by atoms with E-state index in [0.29, 0.717) is 0 Å². The zero-order chi connectivity index (χ0) is 12.4. The predicted molar refractivity (Wildman–Crippen MR) is 71.2 cm³/mol. The van der Waals surface area contributed by atoms with E-state index < -0.39 is 0 Å². The van der Waals surface area contributed by atoms with Crippen LogP contribution in [-0.2, 0) is 18.7 Å². The third kappa shape index (κ3) is 2.20. The molecule has 1 aliphatic heterocycles. The first-order valence-corrected chi connectivity index (χ1v) is 7.07. The molecule has 6 heteroatoms. The van der Waals surface area contributed by atoms with Crippen molar-refractivity contribution < 1.29 is 0 Å². The first-order chi connectivity index (χ1) is 8.84. The standard InChI is InChI=1S/C12H15N5S/c13-9-4-3-6-14-12(9)18-8-11-16-15-10-5-1-2-7-17(10)11/h3-4,6H,1-2,5,7-8,13H2. The zero-order valence-corrected chi connectivity index (χ0v) is 10.9. The fourth-order valence-corrected chi connectivity index (χ4v) is 2.98. The second-order valence-corrected chi connectivity index (χ2v) is 5.29. The van der Waals surface area contributed by atoms with Crippen molar-refractivity contribution >= 4 is 17.4 Å². The fraction of sp³-hybridized carbons (Fsp3) is 0.417. The van der Waals surface area contributed by atoms with E-state index >= 15 is 0 Å². The van der Waals surface area contributed by atoms with Gasteiger partial charge in [-0.3, -0.25) is 0 Å². The number of hydrogen-bond acceptors (Lipinski definition) is 5. The molecule has 0 radical (unpaired) electrons. The Hall–Kier alpha value is -1.56. The van der Waals surface area contributed by atoms with E-state index in [1.807, 2.05) is 12.1 Å². The summed E-state index contributed by atoms with van der Waals surface area (Å²) in [5.41, 5.74) is 6.59. The van der Waals surface area contributed by atoms with Gasteiger partial charge in [0.2, 0.25) is 0 Å². The summed E-state index contributed by atoms with van der Waals surface area (Å²) in [4.78, 5) is 4.27. The van der Waals surface area contributed by atoms with E-state index in [1.54, 1.807) is 18.0 Å². The molecule has 0 atom stereocenters. The number of rotatable bonds is 3. The lowest BCUT2D eigenvalue weighted by Gasteiger charge is -2.14. The third-order valence-corrected chi connectivity index (χ3v) is 4.09. The van der Waals surface area contributed by atoms with Crippen molar-refractivity contribution in [3.8, 4) is 0 Å². The lowest BCUT2D eigenvalue weighted by molar-refractivity contribution is 0.513. The van der Waals surface area contributed by atoms with Gasteiger partial charge in [-0.1, -0.05) is 11.8 Å². The van der Waals surface area contributed by atoms with Crippen LogP contribution in [0, 0.1) is 0 Å². The molecular formula is C12H15N5S. The highest BCUT2D eigenvalue weighted by Gasteiger charge is 2.16. The molecule has 0 fully saturated rings. The van der Waals surface area contributed by atoms with Crippen molar-refractivity contribution in [3.63, 3.8) is 0 Å². The van der Waals surface area contributed by atoms with Crippen molar-refractivity contribution in [3.05, 3.63) is 30.0 Å². The maximum atomic E-state index is 5.87. The molecule has 2 N–H and O–H groups in total. The molecule has 3 rings (SSSR count). The quantitative estimate of drug-likeness (QED) is 0.854. The van der Waals surface area contributed by atoms with E-state index in [4.69, 9.17) is 5.73 Å². The Morgan fingerprint density at radius 1 is 1.33 bits per heavy atom. The lowest BCUT2D eigenvalue weighted by atomic mass is 10.2. The number of fused-ring (bicyclic) bond motifs is 1. The first-order valence-electron chi connectivity index (χ1n) is 6.09. The summed E-state index contributed by atoms with van der Waals surface area (Å²) in [6.45, 7) is 1.04. The van der Waals surface area contributed by atoms with Gasteiger partial charge in [0.25, 0.3) is 0 Å². The van der Waals surface area contributed by atoms with Crippen LogP contribution in [0.1, 0.15) is 24.5 Å². The van der Waals surface area contributed by atoms with Gasteiger partial charge in [0.05, 0.1) is 11.4 Å². The minimum Gasteiger partial charge on any atom is -0.397 e. The number of hydrogen-bond donors (Lipinski definition) is 1. The van der Waals surface area contributed by atoms with Crippen LogP contribution in [0.25, 0.3) is 0 Å². The summed E-state index contributed by atoms with van der Waals surface area (Å²) in [5.74, 6) is 2.92. The summed E-state index contributed by atoms with van der Waals surface area (Å²) in [5, 5.41) is 9.37. The van der Waals surface area contributed by atoms with E-state index in [0.717, 1.165) is 41.1 Å². The van der Waals surface area contributed by atoms with Gasteiger partial charge >= 0.3 is 0 Å². The summed E-state index contributed by atoms with van der Waals surface area (Å²) < 4.78 is 2.23. The summed E-state index contributed by atoms with van der Waals surface area (Å²) >= 11 is 1.62. The molecular weight excluding hydrogens is 246 g/mol. The minimum absolute atomic E-state index is 0.723. The van der Waals surface area contributed by atoms with Crippen molar-refractivity contribution in [2.75, 3.05) is 5.73 Å². The van der Waals surface area contributed by atoms with Gasteiger partial charge in [0.1, 0.15) is 16.7 Å². The van der Waals surface area contributed by atoms with Crippen molar-refractivity contribution in [1.29, 1.82) is 0 Å². The molecule has 18 heavy (non-hydrogen) atoms. The van der Waals surface area contributed by atoms with Crippen LogP contribution in [0.15, 0.2) is 23.4 Å². The van der Waals surface area contributed by atoms with Crippen molar-refractivity contribution in [1.82, 2.24) is 19.7 Å². The second kappa shape index (κ2) is 4.97. The van der Waals surface area contributed by atoms with Gasteiger partial charge in [0.15, 0.2) is 0 Å². The van der Waals surface area contributed by atoms with E-state index in [1.165, 1.54) is 12.8 Å². The van der Waals surface area contributed by atoms with Crippen molar-refractivity contribution in [2.24, 2.45) is 0 Å². The topological polar surface area (TPSA) is 69.6 Å². The number of nitrogens with zero attached hydrogens (tertiary/aromatic N) is 4. The van der Waals surface area contributed by atoms with Crippen LogP contribution in [-0.4, -0.2) is 19.7 Å². The van der Waals surface area contributed by atoms with Gasteiger partial charge in [0, 0.05) is 19.2 Å². The largest absolute Gasteiger partial charge is 0.397 e. The third-order valence-electron chi connectivity index (χ3n) is 3.07. The normalized spacial score (nSPS) is 14.4. The summed E-state index contributed by atoms with van der Waals surface area (Å²) in [6, 6.07) is 3.72.